The van der Waals surface area contributed by atoms with Gasteiger partial charge in [-0.05, 0) is 24.6 Å². The van der Waals surface area contributed by atoms with Crippen LogP contribution in [0.25, 0.3) is 21.0 Å². The Balaban J connectivity index is 1.75. The lowest BCUT2D eigenvalue weighted by atomic mass is 10.2. The third-order valence-corrected chi connectivity index (χ3v) is 4.17. The Hall–Kier alpha value is -3.22. The second-order valence-electron chi connectivity index (χ2n) is 4.97. The molecule has 1 N–H and O–H groups in total. The van der Waals surface area contributed by atoms with Crippen molar-refractivity contribution in [1.82, 2.24) is 10.2 Å². The number of amides is 1. The molecule has 0 saturated heterocycles. The molecule has 118 valence electrons. The second-order valence-corrected chi connectivity index (χ2v) is 5.95. The van der Waals surface area contributed by atoms with E-state index in [-0.39, 0.29) is 10.9 Å². The minimum Gasteiger partial charge on any atom is -0.320 e. The van der Waals surface area contributed by atoms with Gasteiger partial charge in [-0.15, -0.1) is 10.2 Å². The maximum absolute atomic E-state index is 12.2. The van der Waals surface area contributed by atoms with Gasteiger partial charge in [-0.1, -0.05) is 58.4 Å². The first-order valence-electron chi connectivity index (χ1n) is 7.03. The lowest BCUT2D eigenvalue weighted by Crippen LogP contribution is -2.11. The third kappa shape index (κ3) is 3.57. The van der Waals surface area contributed by atoms with E-state index in [0.717, 1.165) is 11.1 Å². The number of aromatic nitrogens is 2. The smallest absolute Gasteiger partial charge is 0.286 e. The molecule has 7 nitrogen and oxygen atoms in total. The fourth-order valence-electron chi connectivity index (χ4n) is 1.98. The van der Waals surface area contributed by atoms with Crippen LogP contribution in [0.15, 0.2) is 53.6 Å². The van der Waals surface area contributed by atoms with Crippen molar-refractivity contribution in [3.63, 3.8) is 0 Å². The fourth-order valence-corrected chi connectivity index (χ4v) is 2.72. The van der Waals surface area contributed by atoms with E-state index < -0.39 is 0 Å². The van der Waals surface area contributed by atoms with Gasteiger partial charge in [-0.2, -0.15) is 0 Å². The maximum atomic E-state index is 12.2. The summed E-state index contributed by atoms with van der Waals surface area (Å²) >= 11 is 1.20. The summed E-state index contributed by atoms with van der Waals surface area (Å²) in [5.74, 6) is -0.298. The monoisotopic (exact) mass is 336 g/mol. The lowest BCUT2D eigenvalue weighted by molar-refractivity contribution is 0.102. The van der Waals surface area contributed by atoms with Gasteiger partial charge in [0, 0.05) is 21.8 Å². The van der Waals surface area contributed by atoms with Crippen molar-refractivity contribution >= 4 is 28.6 Å². The molecule has 0 saturated carbocycles. The highest BCUT2D eigenvalue weighted by Gasteiger charge is 2.14. The number of hydrogen-bond acceptors (Lipinski definition) is 5. The van der Waals surface area contributed by atoms with Gasteiger partial charge in [0.15, 0.2) is 0 Å². The van der Waals surface area contributed by atoms with E-state index in [1.165, 1.54) is 11.3 Å². The molecule has 0 aliphatic heterocycles. The first kappa shape index (κ1) is 15.7. The molecule has 1 amide bonds. The Kier molecular flexibility index (Phi) is 4.51. The Bertz CT molecular complexity index is 911. The molecule has 2 aromatic carbocycles. The Morgan fingerprint density at radius 1 is 1.12 bits per heavy atom. The van der Waals surface area contributed by atoms with E-state index in [0.29, 0.717) is 16.4 Å². The van der Waals surface area contributed by atoms with Crippen molar-refractivity contribution in [3.05, 3.63) is 69.5 Å². The van der Waals surface area contributed by atoms with Crippen LogP contribution in [0.5, 0.6) is 0 Å². The summed E-state index contributed by atoms with van der Waals surface area (Å²) in [7, 11) is 0. The van der Waals surface area contributed by atoms with Gasteiger partial charge in [-0.25, -0.2) is 0 Å². The van der Waals surface area contributed by atoms with Crippen molar-refractivity contribution in [3.8, 4) is 10.6 Å². The van der Waals surface area contributed by atoms with E-state index in [2.05, 4.69) is 25.5 Å². The molecule has 3 rings (SSSR count). The van der Waals surface area contributed by atoms with Crippen LogP contribution >= 0.6 is 11.3 Å². The zero-order valence-electron chi connectivity index (χ0n) is 12.7. The Labute approximate surface area is 141 Å². The van der Waals surface area contributed by atoms with Gasteiger partial charge in [0.2, 0.25) is 5.01 Å². The van der Waals surface area contributed by atoms with Crippen LogP contribution < -0.4 is 5.32 Å². The Morgan fingerprint density at radius 3 is 2.50 bits per heavy atom. The van der Waals surface area contributed by atoms with Crippen molar-refractivity contribution in [2.45, 2.75) is 6.92 Å². The summed E-state index contributed by atoms with van der Waals surface area (Å²) in [4.78, 5) is 15.0. The first-order chi connectivity index (χ1) is 11.7. The Morgan fingerprint density at radius 2 is 1.83 bits per heavy atom. The van der Waals surface area contributed by atoms with E-state index in [1.54, 1.807) is 24.3 Å². The summed E-state index contributed by atoms with van der Waals surface area (Å²) in [5.41, 5.74) is 11.6. The summed E-state index contributed by atoms with van der Waals surface area (Å²) in [5, 5.41) is 15.2. The van der Waals surface area contributed by atoms with Gasteiger partial charge in [0.05, 0.1) is 0 Å². The van der Waals surface area contributed by atoms with E-state index in [1.807, 2.05) is 31.2 Å². The van der Waals surface area contributed by atoms with Crippen LogP contribution in [0.2, 0.25) is 0 Å². The summed E-state index contributed by atoms with van der Waals surface area (Å²) in [6.45, 7) is 1.98. The molecule has 0 unspecified atom stereocenters. The number of azide groups is 1. The molecule has 1 aromatic heterocycles. The molecule has 0 radical (unpaired) electrons. The van der Waals surface area contributed by atoms with Gasteiger partial charge >= 0.3 is 0 Å². The van der Waals surface area contributed by atoms with Crippen LogP contribution in [0.4, 0.5) is 11.4 Å². The zero-order valence-corrected chi connectivity index (χ0v) is 13.5. The fraction of sp³-hybridized carbons (Fsp3) is 0.0625. The highest BCUT2D eigenvalue weighted by atomic mass is 32.1. The van der Waals surface area contributed by atoms with Crippen molar-refractivity contribution < 1.29 is 4.79 Å². The molecule has 0 aliphatic rings. The molecule has 1 heterocycles. The quantitative estimate of drug-likeness (QED) is 0.424. The molecule has 0 bridgehead atoms. The molecular weight excluding hydrogens is 324 g/mol. The number of rotatable bonds is 4. The van der Waals surface area contributed by atoms with Crippen LogP contribution in [0.1, 0.15) is 15.4 Å². The highest BCUT2D eigenvalue weighted by molar-refractivity contribution is 7.16. The van der Waals surface area contributed by atoms with Crippen molar-refractivity contribution in [2.24, 2.45) is 5.11 Å². The van der Waals surface area contributed by atoms with Crippen LogP contribution in [-0.4, -0.2) is 16.1 Å². The number of carbonyl (C=O) groups is 1. The van der Waals surface area contributed by atoms with Gasteiger partial charge in [0.25, 0.3) is 5.91 Å². The van der Waals surface area contributed by atoms with E-state index >= 15 is 0 Å². The second kappa shape index (κ2) is 6.91. The predicted octanol–water partition coefficient (Wildman–Crippen LogP) is 4.71. The standard InChI is InChI=1S/C16H12N6OS/c1-10-2-6-12(7-3-10)18-14(23)16-21-20-15(24-16)11-4-8-13(9-5-11)19-22-17/h2-9H,1H3,(H,18,23). The molecule has 0 spiro atoms. The van der Waals surface area contributed by atoms with Crippen molar-refractivity contribution in [1.29, 1.82) is 0 Å². The predicted molar refractivity (Wildman–Crippen MR) is 93.3 cm³/mol. The molecule has 0 fully saturated rings. The topological polar surface area (TPSA) is 104 Å². The third-order valence-electron chi connectivity index (χ3n) is 3.20. The molecule has 24 heavy (non-hydrogen) atoms. The number of anilines is 1. The summed E-state index contributed by atoms with van der Waals surface area (Å²) < 4.78 is 0. The summed E-state index contributed by atoms with van der Waals surface area (Å²) in [6, 6.07) is 14.4. The average Bonchev–Trinajstić information content (AvgIpc) is 3.08. The number of nitrogens with one attached hydrogen (secondary N) is 1. The summed E-state index contributed by atoms with van der Waals surface area (Å²) in [6.07, 6.45) is 0. The number of benzene rings is 2. The molecular formula is C16H12N6OS. The highest BCUT2D eigenvalue weighted by Crippen LogP contribution is 2.26. The molecule has 8 heteroatoms. The average molecular weight is 336 g/mol. The molecule has 0 aliphatic carbocycles. The van der Waals surface area contributed by atoms with Crippen LogP contribution in [0.3, 0.4) is 0 Å². The first-order valence-corrected chi connectivity index (χ1v) is 7.84. The SMILES string of the molecule is Cc1ccc(NC(=O)c2nnc(-c3ccc(N=[N+]=[N-])cc3)s2)cc1. The van der Waals surface area contributed by atoms with Gasteiger partial charge in [0.1, 0.15) is 5.01 Å². The normalized spacial score (nSPS) is 10.0. The van der Waals surface area contributed by atoms with Crippen molar-refractivity contribution in [2.75, 3.05) is 5.32 Å². The minimum absolute atomic E-state index is 0.282. The molecule has 0 atom stereocenters. The number of hydrogen-bond donors (Lipinski definition) is 1. The number of nitrogens with zero attached hydrogens (tertiary/aromatic N) is 5. The largest absolute Gasteiger partial charge is 0.320 e. The number of carbonyl (C=O) groups excluding carboxylic acids is 1. The van der Waals surface area contributed by atoms with Crippen LogP contribution in [0, 0.1) is 6.92 Å². The van der Waals surface area contributed by atoms with E-state index in [4.69, 9.17) is 5.53 Å². The van der Waals surface area contributed by atoms with Gasteiger partial charge in [-0.3, -0.25) is 4.79 Å². The van der Waals surface area contributed by atoms with Crippen LogP contribution in [-0.2, 0) is 0 Å². The van der Waals surface area contributed by atoms with E-state index in [9.17, 15) is 4.79 Å². The molecule has 3 aromatic rings. The number of aryl methyl sites for hydroxylation is 1. The zero-order chi connectivity index (χ0) is 16.9. The lowest BCUT2D eigenvalue weighted by Gasteiger charge is -2.02. The maximum Gasteiger partial charge on any atom is 0.286 e. The minimum atomic E-state index is -0.298. The van der Waals surface area contributed by atoms with Gasteiger partial charge < -0.3 is 5.32 Å².